The van der Waals surface area contributed by atoms with Gasteiger partial charge in [-0.3, -0.25) is 0 Å². The van der Waals surface area contributed by atoms with E-state index in [9.17, 15) is 26.3 Å². The highest BCUT2D eigenvalue weighted by Crippen LogP contribution is 2.28. The second-order valence-electron chi connectivity index (χ2n) is 4.03. The van der Waals surface area contributed by atoms with E-state index in [4.69, 9.17) is 5.73 Å². The van der Waals surface area contributed by atoms with Gasteiger partial charge < -0.3 is 5.73 Å². The van der Waals surface area contributed by atoms with Crippen molar-refractivity contribution in [2.75, 3.05) is 0 Å². The lowest BCUT2D eigenvalue weighted by Gasteiger charge is -2.15. The molecule has 20 heavy (non-hydrogen) atoms. The Kier molecular flexibility index (Phi) is 3.71. The molecule has 0 heterocycles. The minimum atomic E-state index is -1.80. The van der Waals surface area contributed by atoms with Crippen LogP contribution in [0.1, 0.15) is 17.2 Å². The van der Waals surface area contributed by atoms with Crippen LogP contribution in [-0.2, 0) is 0 Å². The zero-order valence-corrected chi connectivity index (χ0v) is 9.73. The summed E-state index contributed by atoms with van der Waals surface area (Å²) in [6.07, 6.45) is 0. The minimum absolute atomic E-state index is 0.357. The monoisotopic (exact) mass is 291 g/mol. The molecule has 0 fully saturated rings. The summed E-state index contributed by atoms with van der Waals surface area (Å²) in [5.41, 5.74) is 3.97. The summed E-state index contributed by atoms with van der Waals surface area (Å²) in [5.74, 6) is -8.79. The fourth-order valence-corrected chi connectivity index (χ4v) is 1.79. The zero-order valence-electron chi connectivity index (χ0n) is 9.73. The molecular weight excluding hydrogens is 284 g/mol. The fraction of sp³-hybridized carbons (Fsp3) is 0.0769. The summed E-state index contributed by atoms with van der Waals surface area (Å²) in [6, 6.07) is 0.311. The summed E-state index contributed by atoms with van der Waals surface area (Å²) in [5, 5.41) is 0. The predicted octanol–water partition coefficient (Wildman–Crippen LogP) is 3.57. The van der Waals surface area contributed by atoms with E-state index in [1.54, 1.807) is 0 Å². The topological polar surface area (TPSA) is 26.0 Å². The van der Waals surface area contributed by atoms with Gasteiger partial charge in [0.25, 0.3) is 0 Å². The van der Waals surface area contributed by atoms with Crippen LogP contribution in [0.3, 0.4) is 0 Å². The van der Waals surface area contributed by atoms with Gasteiger partial charge in [-0.15, -0.1) is 0 Å². The molecule has 2 rings (SSSR count). The summed E-state index contributed by atoms with van der Waals surface area (Å²) >= 11 is 0. The van der Waals surface area contributed by atoms with Crippen LogP contribution in [0.15, 0.2) is 24.3 Å². The molecule has 106 valence electrons. The van der Waals surface area contributed by atoms with Crippen molar-refractivity contribution in [2.45, 2.75) is 6.04 Å². The Morgan fingerprint density at radius 3 is 1.85 bits per heavy atom. The molecule has 0 radical (unpaired) electrons. The average Bonchev–Trinajstić information content (AvgIpc) is 2.34. The molecule has 2 aromatic carbocycles. The van der Waals surface area contributed by atoms with Crippen LogP contribution in [0.25, 0.3) is 0 Å². The van der Waals surface area contributed by atoms with E-state index in [2.05, 4.69) is 0 Å². The van der Waals surface area contributed by atoms with Crippen molar-refractivity contribution >= 4 is 0 Å². The number of halogens is 6. The smallest absolute Gasteiger partial charge is 0.194 e. The molecule has 2 N–H and O–H groups in total. The van der Waals surface area contributed by atoms with E-state index in [-0.39, 0.29) is 0 Å². The molecule has 1 unspecified atom stereocenters. The molecule has 0 aliphatic heterocycles. The van der Waals surface area contributed by atoms with Gasteiger partial charge in [0.2, 0.25) is 0 Å². The summed E-state index contributed by atoms with van der Waals surface area (Å²) in [4.78, 5) is 0. The number of hydrogen-bond donors (Lipinski definition) is 1. The Balaban J connectivity index is 2.58. The van der Waals surface area contributed by atoms with Crippen LogP contribution >= 0.6 is 0 Å². The third-order valence-corrected chi connectivity index (χ3v) is 2.75. The van der Waals surface area contributed by atoms with Gasteiger partial charge in [0.05, 0.1) is 6.04 Å². The van der Waals surface area contributed by atoms with Gasteiger partial charge in [0.15, 0.2) is 17.5 Å². The molecule has 0 amide bonds. The van der Waals surface area contributed by atoms with Gasteiger partial charge in [0, 0.05) is 23.3 Å². The first-order valence-corrected chi connectivity index (χ1v) is 5.36. The van der Waals surface area contributed by atoms with Gasteiger partial charge >= 0.3 is 0 Å². The van der Waals surface area contributed by atoms with Crippen molar-refractivity contribution in [3.05, 3.63) is 70.3 Å². The highest BCUT2D eigenvalue weighted by atomic mass is 19.2. The maximum absolute atomic E-state index is 13.5. The standard InChI is InChI=1S/C13H7F6N/c14-5-3-8(16)10(9(17)4-5)13(20)6-1-2-7(15)12(19)11(6)18/h1-4,13H,20H2. The van der Waals surface area contributed by atoms with Crippen molar-refractivity contribution in [3.63, 3.8) is 0 Å². The summed E-state index contributed by atoms with van der Waals surface area (Å²) < 4.78 is 79.2. The van der Waals surface area contributed by atoms with Crippen molar-refractivity contribution in [3.8, 4) is 0 Å². The van der Waals surface area contributed by atoms with Crippen LogP contribution in [0.2, 0.25) is 0 Å². The van der Waals surface area contributed by atoms with E-state index < -0.39 is 52.1 Å². The van der Waals surface area contributed by atoms with Crippen molar-refractivity contribution in [2.24, 2.45) is 5.73 Å². The Bertz CT molecular complexity index is 647. The van der Waals surface area contributed by atoms with E-state index in [1.807, 2.05) is 0 Å². The molecule has 0 aromatic heterocycles. The first kappa shape index (κ1) is 14.4. The quantitative estimate of drug-likeness (QED) is 0.664. The van der Waals surface area contributed by atoms with Crippen molar-refractivity contribution in [1.29, 1.82) is 0 Å². The van der Waals surface area contributed by atoms with Crippen LogP contribution in [0.5, 0.6) is 0 Å². The van der Waals surface area contributed by atoms with Gasteiger partial charge in [-0.05, 0) is 6.07 Å². The molecule has 0 aliphatic rings. The lowest BCUT2D eigenvalue weighted by molar-refractivity contribution is 0.435. The van der Waals surface area contributed by atoms with Crippen molar-refractivity contribution < 1.29 is 26.3 Å². The number of hydrogen-bond acceptors (Lipinski definition) is 1. The highest BCUT2D eigenvalue weighted by Gasteiger charge is 2.24. The summed E-state index contributed by atoms with van der Waals surface area (Å²) in [6.45, 7) is 0. The third kappa shape index (κ3) is 2.36. The molecule has 2 aromatic rings. The normalized spacial score (nSPS) is 12.6. The highest BCUT2D eigenvalue weighted by molar-refractivity contribution is 5.35. The van der Waals surface area contributed by atoms with Crippen LogP contribution in [0, 0.1) is 34.9 Å². The molecule has 0 saturated carbocycles. The van der Waals surface area contributed by atoms with Crippen LogP contribution < -0.4 is 5.73 Å². The van der Waals surface area contributed by atoms with E-state index >= 15 is 0 Å². The Morgan fingerprint density at radius 1 is 0.750 bits per heavy atom. The number of benzene rings is 2. The molecule has 0 saturated heterocycles. The molecule has 1 atom stereocenters. The van der Waals surface area contributed by atoms with E-state index in [0.717, 1.165) is 6.07 Å². The Morgan fingerprint density at radius 2 is 1.30 bits per heavy atom. The van der Waals surface area contributed by atoms with Gasteiger partial charge in [-0.1, -0.05) is 6.07 Å². The number of rotatable bonds is 2. The van der Waals surface area contributed by atoms with E-state index in [0.29, 0.717) is 18.2 Å². The molecule has 0 bridgehead atoms. The molecule has 0 spiro atoms. The Labute approximate surface area is 109 Å². The second-order valence-corrected chi connectivity index (χ2v) is 4.03. The lowest BCUT2D eigenvalue weighted by atomic mass is 9.97. The molecular formula is C13H7F6N. The largest absolute Gasteiger partial charge is 0.320 e. The van der Waals surface area contributed by atoms with Crippen molar-refractivity contribution in [1.82, 2.24) is 0 Å². The maximum atomic E-state index is 13.5. The molecule has 7 heteroatoms. The van der Waals surface area contributed by atoms with Gasteiger partial charge in [0.1, 0.15) is 17.5 Å². The lowest BCUT2D eigenvalue weighted by Crippen LogP contribution is -2.18. The number of nitrogens with two attached hydrogens (primary N) is 1. The first-order valence-electron chi connectivity index (χ1n) is 5.36. The third-order valence-electron chi connectivity index (χ3n) is 2.75. The van der Waals surface area contributed by atoms with Gasteiger partial charge in [-0.25, -0.2) is 26.3 Å². The zero-order chi connectivity index (χ0) is 15.0. The van der Waals surface area contributed by atoms with Crippen LogP contribution in [0.4, 0.5) is 26.3 Å². The predicted molar refractivity (Wildman–Crippen MR) is 58.7 cm³/mol. The van der Waals surface area contributed by atoms with Crippen LogP contribution in [-0.4, -0.2) is 0 Å². The minimum Gasteiger partial charge on any atom is -0.320 e. The second kappa shape index (κ2) is 5.16. The van der Waals surface area contributed by atoms with E-state index in [1.165, 1.54) is 0 Å². The fourth-order valence-electron chi connectivity index (χ4n) is 1.79. The SMILES string of the molecule is NC(c1ccc(F)c(F)c1F)c1c(F)cc(F)cc1F. The molecule has 1 nitrogen and oxygen atoms in total. The summed E-state index contributed by atoms with van der Waals surface area (Å²) in [7, 11) is 0. The van der Waals surface area contributed by atoms with Gasteiger partial charge in [-0.2, -0.15) is 0 Å². The first-order chi connectivity index (χ1) is 9.32. The molecule has 0 aliphatic carbocycles. The maximum Gasteiger partial charge on any atom is 0.194 e. The Hall–Kier alpha value is -2.02. The average molecular weight is 291 g/mol.